The molecule has 0 fully saturated rings. The number of nitrogens with one attached hydrogen (secondary N) is 1. The van der Waals surface area contributed by atoms with Crippen molar-refractivity contribution in [2.45, 2.75) is 12.0 Å². The lowest BCUT2D eigenvalue weighted by molar-refractivity contribution is -0.125. The van der Waals surface area contributed by atoms with Crippen LogP contribution in [0.2, 0.25) is 0 Å². The van der Waals surface area contributed by atoms with Gasteiger partial charge in [-0.1, -0.05) is 5.11 Å². The van der Waals surface area contributed by atoms with Crippen LogP contribution in [-0.2, 0) is 10.3 Å². The Balaban J connectivity index is 2.17. The number of carbonyl (C=O) groups is 1. The van der Waals surface area contributed by atoms with Crippen LogP contribution >= 0.6 is 0 Å². The van der Waals surface area contributed by atoms with Crippen LogP contribution in [0.15, 0.2) is 23.3 Å². The quantitative estimate of drug-likeness (QED) is 0.306. The van der Waals surface area contributed by atoms with Crippen LogP contribution in [0.3, 0.4) is 0 Å². The minimum atomic E-state index is -1.11. The number of nitrogens with two attached hydrogens (primary N) is 1. The van der Waals surface area contributed by atoms with Gasteiger partial charge in [-0.3, -0.25) is 10.1 Å². The van der Waals surface area contributed by atoms with Crippen molar-refractivity contribution in [3.63, 3.8) is 0 Å². The topological polar surface area (TPSA) is 133 Å². The number of benzene rings is 1. The van der Waals surface area contributed by atoms with E-state index in [1.807, 2.05) is 0 Å². The Morgan fingerprint density at radius 1 is 1.65 bits per heavy atom. The maximum absolute atomic E-state index is 11.8. The van der Waals surface area contributed by atoms with Crippen LogP contribution in [0.1, 0.15) is 12.0 Å². The number of aromatic hydroxyl groups is 1. The van der Waals surface area contributed by atoms with Crippen LogP contribution < -0.4 is 15.8 Å². The number of ether oxygens (including phenoxy) is 1. The minimum Gasteiger partial charge on any atom is -0.508 e. The fourth-order valence-electron chi connectivity index (χ4n) is 2.18. The third-order valence-electron chi connectivity index (χ3n) is 3.21. The second-order valence-corrected chi connectivity index (χ2v) is 4.47. The van der Waals surface area contributed by atoms with Gasteiger partial charge in [0.15, 0.2) is 5.54 Å². The highest BCUT2D eigenvalue weighted by Crippen LogP contribution is 2.38. The molecule has 0 radical (unpaired) electrons. The van der Waals surface area contributed by atoms with Gasteiger partial charge >= 0.3 is 0 Å². The van der Waals surface area contributed by atoms with Gasteiger partial charge in [0.05, 0.1) is 0 Å². The molecule has 0 spiro atoms. The van der Waals surface area contributed by atoms with E-state index in [1.165, 1.54) is 12.1 Å². The summed E-state index contributed by atoms with van der Waals surface area (Å²) >= 11 is 0. The van der Waals surface area contributed by atoms with Crippen LogP contribution in [0, 0.1) is 0 Å². The zero-order chi connectivity index (χ0) is 14.6. The number of azide groups is 1. The predicted octanol–water partition coefficient (Wildman–Crippen LogP) is 0.755. The highest BCUT2D eigenvalue weighted by Gasteiger charge is 2.45. The van der Waals surface area contributed by atoms with Gasteiger partial charge in [-0.25, -0.2) is 0 Å². The Hall–Kier alpha value is -2.44. The lowest BCUT2D eigenvalue weighted by Gasteiger charge is -2.25. The predicted molar refractivity (Wildman–Crippen MR) is 71.1 cm³/mol. The van der Waals surface area contributed by atoms with Gasteiger partial charge in [-0.15, -0.1) is 0 Å². The summed E-state index contributed by atoms with van der Waals surface area (Å²) in [5.74, 6) is -0.0514. The number of carbonyl (C=O) groups excluding carboxylic acids is 1. The van der Waals surface area contributed by atoms with Crippen LogP contribution in [0.5, 0.6) is 11.5 Å². The SMILES string of the molecule is [N-]=[N+]=NCCCNC1(C(N)=O)COc2cc(O)ccc21. The number of hydrogen-bond acceptors (Lipinski definition) is 5. The molecule has 0 bridgehead atoms. The number of primary amides is 1. The molecule has 8 nitrogen and oxygen atoms in total. The van der Waals surface area contributed by atoms with E-state index in [2.05, 4.69) is 15.3 Å². The van der Waals surface area contributed by atoms with Crippen molar-refractivity contribution in [2.24, 2.45) is 10.8 Å². The fraction of sp³-hybridized carbons (Fsp3) is 0.417. The fourth-order valence-corrected chi connectivity index (χ4v) is 2.18. The summed E-state index contributed by atoms with van der Waals surface area (Å²) in [4.78, 5) is 14.5. The maximum Gasteiger partial charge on any atom is 0.246 e. The standard InChI is InChI=1S/C12H15N5O3/c13-11(19)12(15-4-1-5-16-17-14)7-20-10-6-8(18)2-3-9(10)12/h2-3,6,15,18H,1,4-5,7H2,(H2,13,19). The molecule has 4 N–H and O–H groups in total. The van der Waals surface area contributed by atoms with E-state index in [0.717, 1.165) is 0 Å². The normalized spacial score (nSPS) is 19.8. The van der Waals surface area contributed by atoms with Crippen molar-refractivity contribution in [1.82, 2.24) is 5.32 Å². The number of rotatable bonds is 6. The highest BCUT2D eigenvalue weighted by atomic mass is 16.5. The molecule has 1 unspecified atom stereocenters. The van der Waals surface area contributed by atoms with Gasteiger partial charge < -0.3 is 15.6 Å². The molecule has 1 atom stereocenters. The van der Waals surface area contributed by atoms with Crippen molar-refractivity contribution in [3.8, 4) is 11.5 Å². The average molecular weight is 277 g/mol. The summed E-state index contributed by atoms with van der Waals surface area (Å²) in [5, 5.41) is 15.9. The second-order valence-electron chi connectivity index (χ2n) is 4.47. The number of amides is 1. The molecule has 1 aromatic rings. The summed E-state index contributed by atoms with van der Waals surface area (Å²) in [7, 11) is 0. The Kier molecular flexibility index (Phi) is 3.97. The summed E-state index contributed by atoms with van der Waals surface area (Å²) < 4.78 is 5.43. The molecule has 1 amide bonds. The Morgan fingerprint density at radius 3 is 3.15 bits per heavy atom. The minimum absolute atomic E-state index is 0.0624. The molecule has 106 valence electrons. The summed E-state index contributed by atoms with van der Waals surface area (Å²) in [6, 6.07) is 4.54. The average Bonchev–Trinajstić information content (AvgIpc) is 2.78. The third kappa shape index (κ3) is 2.47. The van der Waals surface area contributed by atoms with Gasteiger partial charge in [0.2, 0.25) is 5.91 Å². The Bertz CT molecular complexity index is 570. The molecule has 1 heterocycles. The zero-order valence-electron chi connectivity index (χ0n) is 10.7. The molecular weight excluding hydrogens is 262 g/mol. The van der Waals surface area contributed by atoms with E-state index in [4.69, 9.17) is 16.0 Å². The van der Waals surface area contributed by atoms with Crippen molar-refractivity contribution in [1.29, 1.82) is 0 Å². The van der Waals surface area contributed by atoms with Crippen molar-refractivity contribution < 1.29 is 14.6 Å². The Morgan fingerprint density at radius 2 is 2.45 bits per heavy atom. The smallest absolute Gasteiger partial charge is 0.246 e. The van der Waals surface area contributed by atoms with E-state index in [1.54, 1.807) is 6.07 Å². The number of nitrogens with zero attached hydrogens (tertiary/aromatic N) is 3. The van der Waals surface area contributed by atoms with Gasteiger partial charge in [-0.05, 0) is 30.6 Å². The van der Waals surface area contributed by atoms with E-state index in [9.17, 15) is 9.90 Å². The van der Waals surface area contributed by atoms with Gasteiger partial charge in [0.25, 0.3) is 0 Å². The van der Waals surface area contributed by atoms with Crippen LogP contribution in [0.25, 0.3) is 10.4 Å². The van der Waals surface area contributed by atoms with E-state index in [-0.39, 0.29) is 12.4 Å². The molecule has 0 saturated heterocycles. The molecule has 0 aliphatic carbocycles. The first-order valence-electron chi connectivity index (χ1n) is 6.12. The molecule has 20 heavy (non-hydrogen) atoms. The van der Waals surface area contributed by atoms with Gasteiger partial charge in [-0.2, -0.15) is 0 Å². The number of hydrogen-bond donors (Lipinski definition) is 3. The van der Waals surface area contributed by atoms with E-state index >= 15 is 0 Å². The maximum atomic E-state index is 11.8. The summed E-state index contributed by atoms with van der Waals surface area (Å²) in [6.45, 7) is 0.857. The molecule has 2 rings (SSSR count). The molecule has 1 aliphatic rings. The lowest BCUT2D eigenvalue weighted by atomic mass is 9.91. The Labute approximate surface area is 115 Å². The van der Waals surface area contributed by atoms with E-state index < -0.39 is 11.4 Å². The summed E-state index contributed by atoms with van der Waals surface area (Å²) in [6.07, 6.45) is 0.576. The van der Waals surface area contributed by atoms with Crippen LogP contribution in [0.4, 0.5) is 0 Å². The first-order chi connectivity index (χ1) is 9.60. The molecule has 1 aromatic carbocycles. The number of fused-ring (bicyclic) bond motifs is 1. The lowest BCUT2D eigenvalue weighted by Crippen LogP contribution is -2.54. The van der Waals surface area contributed by atoms with Crippen molar-refractivity contribution in [3.05, 3.63) is 34.2 Å². The van der Waals surface area contributed by atoms with Crippen molar-refractivity contribution in [2.75, 3.05) is 19.7 Å². The molecular formula is C12H15N5O3. The molecule has 8 heteroatoms. The molecule has 1 aliphatic heterocycles. The van der Waals surface area contributed by atoms with E-state index in [0.29, 0.717) is 30.8 Å². The monoisotopic (exact) mass is 277 g/mol. The summed E-state index contributed by atoms with van der Waals surface area (Å²) in [5.41, 5.74) is 13.2. The first-order valence-corrected chi connectivity index (χ1v) is 6.12. The second kappa shape index (κ2) is 5.68. The van der Waals surface area contributed by atoms with Crippen molar-refractivity contribution >= 4 is 5.91 Å². The first kappa shape index (κ1) is 14.0. The largest absolute Gasteiger partial charge is 0.508 e. The van der Waals surface area contributed by atoms with Gasteiger partial charge in [0.1, 0.15) is 18.1 Å². The van der Waals surface area contributed by atoms with Crippen LogP contribution in [-0.4, -0.2) is 30.7 Å². The zero-order valence-corrected chi connectivity index (χ0v) is 10.7. The van der Waals surface area contributed by atoms with Gasteiger partial charge in [0, 0.05) is 23.1 Å². The molecule has 0 saturated carbocycles. The molecule has 0 aromatic heterocycles. The number of phenolic OH excluding ortho intramolecular Hbond substituents is 1. The highest BCUT2D eigenvalue weighted by molar-refractivity contribution is 5.88. The third-order valence-corrected chi connectivity index (χ3v) is 3.21. The number of phenols is 1.